The summed E-state index contributed by atoms with van der Waals surface area (Å²) < 4.78 is 10.9. The number of aliphatic hydroxyl groups excluding tert-OH is 1. The van der Waals surface area contributed by atoms with Crippen molar-refractivity contribution in [2.24, 2.45) is 17.6 Å². The lowest BCUT2D eigenvalue weighted by molar-refractivity contribution is -0.144. The van der Waals surface area contributed by atoms with E-state index >= 15 is 0 Å². The number of rotatable bonds is 13. The van der Waals surface area contributed by atoms with Crippen LogP contribution in [0.3, 0.4) is 0 Å². The molecule has 3 atom stereocenters. The average Bonchev–Trinajstić information content (AvgIpc) is 2.75. The van der Waals surface area contributed by atoms with Gasteiger partial charge in [0, 0.05) is 69.7 Å². The van der Waals surface area contributed by atoms with Gasteiger partial charge in [0.1, 0.15) is 5.75 Å². The highest BCUT2D eigenvalue weighted by Gasteiger charge is 2.36. The van der Waals surface area contributed by atoms with Gasteiger partial charge in [0.05, 0.1) is 18.6 Å². The minimum absolute atomic E-state index is 0.0518. The second-order valence-electron chi connectivity index (χ2n) is 10.0. The Morgan fingerprint density at radius 2 is 1.97 bits per heavy atom. The van der Waals surface area contributed by atoms with Gasteiger partial charge in [-0.15, -0.1) is 0 Å². The van der Waals surface area contributed by atoms with Crippen molar-refractivity contribution < 1.29 is 24.5 Å². The Hall–Kier alpha value is -1.87. The Labute approximate surface area is 198 Å². The number of carboxylic acids is 1. The van der Waals surface area contributed by atoms with Crippen LogP contribution >= 0.6 is 0 Å². The molecule has 4 N–H and O–H groups in total. The van der Waals surface area contributed by atoms with Crippen LogP contribution in [0.2, 0.25) is 0 Å². The number of aliphatic carboxylic acids is 1. The van der Waals surface area contributed by atoms with Gasteiger partial charge in [-0.3, -0.25) is 9.69 Å². The smallest absolute Gasteiger partial charge is 0.306 e. The first-order valence-electron chi connectivity index (χ1n) is 11.9. The zero-order valence-corrected chi connectivity index (χ0v) is 20.9. The van der Waals surface area contributed by atoms with Crippen molar-refractivity contribution in [1.82, 2.24) is 4.90 Å². The zero-order valence-electron chi connectivity index (χ0n) is 20.9. The molecule has 8 nitrogen and oxygen atoms in total. The van der Waals surface area contributed by atoms with Gasteiger partial charge in [0.2, 0.25) is 0 Å². The lowest BCUT2D eigenvalue weighted by atomic mass is 9.88. The summed E-state index contributed by atoms with van der Waals surface area (Å²) >= 11 is 0. The minimum atomic E-state index is -0.880. The number of piperazine rings is 1. The van der Waals surface area contributed by atoms with E-state index in [-0.39, 0.29) is 17.9 Å². The van der Waals surface area contributed by atoms with Crippen LogP contribution in [0.25, 0.3) is 0 Å². The standard InChI is InChI=1S/C25H43N3O5/c1-18(2)21(24(30)31)15-23(29)22(26)16-28-11-10-27(17-25(28,3)4)19-8-6-9-20(14-19)33-13-7-12-32-5/h6,8-9,14,18,21-23,29H,7,10-13,15-17,26H2,1-5H3,(H,30,31)/t21-,22-,23-/m0/s1. The van der Waals surface area contributed by atoms with Crippen molar-refractivity contribution in [3.63, 3.8) is 0 Å². The molecule has 1 saturated heterocycles. The number of carboxylic acid groups (broad SMARTS) is 1. The Bertz CT molecular complexity index is 743. The van der Waals surface area contributed by atoms with E-state index in [1.807, 2.05) is 26.0 Å². The first-order valence-corrected chi connectivity index (χ1v) is 11.9. The van der Waals surface area contributed by atoms with Crippen LogP contribution in [0.15, 0.2) is 24.3 Å². The van der Waals surface area contributed by atoms with E-state index in [1.165, 1.54) is 0 Å². The summed E-state index contributed by atoms with van der Waals surface area (Å²) in [6.07, 6.45) is 0.170. The summed E-state index contributed by atoms with van der Waals surface area (Å²) in [5, 5.41) is 20.0. The summed E-state index contributed by atoms with van der Waals surface area (Å²) in [4.78, 5) is 16.1. The molecule has 0 saturated carbocycles. The quantitative estimate of drug-likeness (QED) is 0.381. The van der Waals surface area contributed by atoms with Crippen molar-refractivity contribution >= 4 is 11.7 Å². The fraction of sp³-hybridized carbons (Fsp3) is 0.720. The largest absolute Gasteiger partial charge is 0.493 e. The Balaban J connectivity index is 1.95. The molecular formula is C25H43N3O5. The summed E-state index contributed by atoms with van der Waals surface area (Å²) in [6, 6.07) is 7.66. The van der Waals surface area contributed by atoms with Crippen molar-refractivity contribution in [2.45, 2.75) is 58.2 Å². The van der Waals surface area contributed by atoms with Gasteiger partial charge in [-0.25, -0.2) is 0 Å². The first kappa shape index (κ1) is 27.4. The SMILES string of the molecule is COCCCOc1cccc(N2CCN(C[C@H](N)[C@@H](O)C[C@H](C(=O)O)C(C)C)C(C)(C)C2)c1. The number of benzene rings is 1. The first-order chi connectivity index (χ1) is 15.5. The number of carbonyl (C=O) groups is 1. The van der Waals surface area contributed by atoms with Crippen molar-refractivity contribution in [3.05, 3.63) is 24.3 Å². The van der Waals surface area contributed by atoms with Crippen LogP contribution in [0.4, 0.5) is 5.69 Å². The third kappa shape index (κ3) is 8.14. The number of anilines is 1. The fourth-order valence-electron chi connectivity index (χ4n) is 4.38. The van der Waals surface area contributed by atoms with Crippen molar-refractivity contribution in [2.75, 3.05) is 51.4 Å². The molecule has 0 bridgehead atoms. The van der Waals surface area contributed by atoms with E-state index in [0.29, 0.717) is 19.8 Å². The Kier molecular flexibility index (Phi) is 10.4. The molecule has 1 aliphatic rings. The number of nitrogens with two attached hydrogens (primary N) is 1. The van der Waals surface area contributed by atoms with E-state index in [1.54, 1.807) is 7.11 Å². The molecule has 1 aromatic carbocycles. The lowest BCUT2D eigenvalue weighted by Gasteiger charge is -2.49. The maximum absolute atomic E-state index is 11.5. The molecule has 0 spiro atoms. The number of methoxy groups -OCH3 is 1. The molecule has 1 fully saturated rings. The molecular weight excluding hydrogens is 422 g/mol. The van der Waals surface area contributed by atoms with Gasteiger partial charge in [-0.1, -0.05) is 19.9 Å². The maximum Gasteiger partial charge on any atom is 0.306 e. The van der Waals surface area contributed by atoms with Crippen molar-refractivity contribution in [1.29, 1.82) is 0 Å². The predicted molar refractivity (Wildman–Crippen MR) is 131 cm³/mol. The summed E-state index contributed by atoms with van der Waals surface area (Å²) in [5.41, 5.74) is 7.29. The summed E-state index contributed by atoms with van der Waals surface area (Å²) in [5.74, 6) is -0.675. The van der Waals surface area contributed by atoms with Gasteiger partial charge >= 0.3 is 5.97 Å². The third-order valence-electron chi connectivity index (χ3n) is 6.56. The number of hydrogen-bond acceptors (Lipinski definition) is 7. The monoisotopic (exact) mass is 465 g/mol. The van der Waals surface area contributed by atoms with Gasteiger partial charge in [-0.2, -0.15) is 0 Å². The Morgan fingerprint density at radius 1 is 1.24 bits per heavy atom. The van der Waals surface area contributed by atoms with Crippen LogP contribution in [0.5, 0.6) is 5.75 Å². The minimum Gasteiger partial charge on any atom is -0.493 e. The van der Waals surface area contributed by atoms with E-state index in [9.17, 15) is 15.0 Å². The summed E-state index contributed by atoms with van der Waals surface area (Å²) in [7, 11) is 1.69. The highest BCUT2D eigenvalue weighted by Crippen LogP contribution is 2.29. The molecule has 2 rings (SSSR count). The molecule has 1 aromatic rings. The fourth-order valence-corrected chi connectivity index (χ4v) is 4.38. The highest BCUT2D eigenvalue weighted by atomic mass is 16.5. The molecule has 33 heavy (non-hydrogen) atoms. The van der Waals surface area contributed by atoms with E-state index < -0.39 is 24.0 Å². The van der Waals surface area contributed by atoms with E-state index in [4.69, 9.17) is 15.2 Å². The molecule has 1 heterocycles. The second-order valence-corrected chi connectivity index (χ2v) is 10.0. The second kappa shape index (κ2) is 12.6. The van der Waals surface area contributed by atoms with Crippen LogP contribution < -0.4 is 15.4 Å². The zero-order chi connectivity index (χ0) is 24.6. The third-order valence-corrected chi connectivity index (χ3v) is 6.56. The predicted octanol–water partition coefficient (Wildman–Crippen LogP) is 2.44. The van der Waals surface area contributed by atoms with Crippen LogP contribution in [0.1, 0.15) is 40.5 Å². The molecule has 1 aliphatic heterocycles. The lowest BCUT2D eigenvalue weighted by Crippen LogP contribution is -2.62. The molecule has 0 aliphatic carbocycles. The summed E-state index contributed by atoms with van der Waals surface area (Å²) in [6.45, 7) is 12.4. The maximum atomic E-state index is 11.5. The highest BCUT2D eigenvalue weighted by molar-refractivity contribution is 5.70. The number of hydrogen-bond donors (Lipinski definition) is 3. The average molecular weight is 466 g/mol. The normalized spacial score (nSPS) is 19.3. The number of ether oxygens (including phenoxy) is 2. The Morgan fingerprint density at radius 3 is 2.58 bits per heavy atom. The van der Waals surface area contributed by atoms with Gasteiger partial charge in [0.15, 0.2) is 0 Å². The van der Waals surface area contributed by atoms with Gasteiger partial charge in [0.25, 0.3) is 0 Å². The van der Waals surface area contributed by atoms with Crippen molar-refractivity contribution in [3.8, 4) is 5.75 Å². The number of nitrogens with zero attached hydrogens (tertiary/aromatic N) is 2. The van der Waals surface area contributed by atoms with Gasteiger partial charge in [-0.05, 0) is 38.3 Å². The molecule has 0 amide bonds. The molecule has 0 aromatic heterocycles. The van der Waals surface area contributed by atoms with E-state index in [2.05, 4.69) is 35.8 Å². The topological polar surface area (TPSA) is 108 Å². The van der Waals surface area contributed by atoms with Crippen LogP contribution in [0, 0.1) is 11.8 Å². The molecule has 0 radical (unpaired) electrons. The van der Waals surface area contributed by atoms with E-state index in [0.717, 1.165) is 37.5 Å². The molecule has 0 unspecified atom stereocenters. The molecule has 188 valence electrons. The molecule has 8 heteroatoms. The van der Waals surface area contributed by atoms with Crippen LogP contribution in [-0.4, -0.2) is 85.3 Å². The number of aliphatic hydroxyl groups is 1. The van der Waals surface area contributed by atoms with Gasteiger partial charge < -0.3 is 30.3 Å². The van der Waals surface area contributed by atoms with Crippen LogP contribution in [-0.2, 0) is 9.53 Å².